The monoisotopic (exact) mass is 351 g/mol. The Labute approximate surface area is 100 Å². The first-order valence-corrected chi connectivity index (χ1v) is 6.26. The fourth-order valence-corrected chi connectivity index (χ4v) is 2.18. The van der Waals surface area contributed by atoms with Gasteiger partial charge in [0.05, 0.1) is 0 Å². The largest absolute Gasteiger partial charge is 0.324 e. The van der Waals surface area contributed by atoms with Gasteiger partial charge in [-0.1, -0.05) is 6.07 Å². The lowest BCUT2D eigenvalue weighted by molar-refractivity contribution is 0.633. The van der Waals surface area contributed by atoms with Gasteiger partial charge in [0.2, 0.25) is 0 Å². The van der Waals surface area contributed by atoms with Gasteiger partial charge in [0.1, 0.15) is 0 Å². The maximum Gasteiger partial charge on any atom is 0.0323 e. The number of rotatable bonds is 2. The van der Waals surface area contributed by atoms with Crippen LogP contribution in [0.2, 0.25) is 0 Å². The van der Waals surface area contributed by atoms with E-state index in [1.54, 1.807) is 0 Å². The number of hydrogen-bond acceptors (Lipinski definition) is 1. The van der Waals surface area contributed by atoms with Crippen molar-refractivity contribution in [2.45, 2.75) is 18.9 Å². The minimum absolute atomic E-state index is 0.244. The zero-order chi connectivity index (χ0) is 9.42. The Bertz CT molecular complexity index is 323. The fraction of sp³-hybridized carbons (Fsp3) is 0.400. The van der Waals surface area contributed by atoms with Crippen LogP contribution in [-0.4, -0.2) is 0 Å². The van der Waals surface area contributed by atoms with Crippen molar-refractivity contribution in [1.29, 1.82) is 0 Å². The van der Waals surface area contributed by atoms with E-state index < -0.39 is 0 Å². The van der Waals surface area contributed by atoms with Gasteiger partial charge >= 0.3 is 0 Å². The Kier molecular flexibility index (Phi) is 2.95. The lowest BCUT2D eigenvalue weighted by Crippen LogP contribution is -2.12. The molecule has 0 aliphatic heterocycles. The molecule has 0 heterocycles. The molecule has 1 aromatic rings. The standard InChI is InChI=1S/C10H11BrIN/c11-8-5-7(3-4-9(8)12)10(13)6-1-2-6/h3-6,10H,1-2,13H2/t10-/m0/s1. The zero-order valence-corrected chi connectivity index (χ0v) is 10.9. The molecule has 1 fully saturated rings. The molecule has 0 radical (unpaired) electrons. The SMILES string of the molecule is N[C@H](c1ccc(I)c(Br)c1)C1CC1. The van der Waals surface area contributed by atoms with Crippen molar-refractivity contribution >= 4 is 38.5 Å². The normalized spacial score (nSPS) is 18.7. The van der Waals surface area contributed by atoms with E-state index >= 15 is 0 Å². The van der Waals surface area contributed by atoms with Gasteiger partial charge in [-0.3, -0.25) is 0 Å². The number of halogens is 2. The first-order valence-electron chi connectivity index (χ1n) is 4.39. The van der Waals surface area contributed by atoms with Crippen molar-refractivity contribution in [1.82, 2.24) is 0 Å². The van der Waals surface area contributed by atoms with Crippen molar-refractivity contribution in [2.24, 2.45) is 11.7 Å². The summed E-state index contributed by atoms with van der Waals surface area (Å²) in [7, 11) is 0. The third-order valence-corrected chi connectivity index (χ3v) is 4.80. The van der Waals surface area contributed by atoms with Gasteiger partial charge in [-0.25, -0.2) is 0 Å². The third kappa shape index (κ3) is 2.25. The summed E-state index contributed by atoms with van der Waals surface area (Å²) < 4.78 is 2.39. The zero-order valence-electron chi connectivity index (χ0n) is 7.13. The van der Waals surface area contributed by atoms with E-state index in [9.17, 15) is 0 Å². The van der Waals surface area contributed by atoms with Crippen LogP contribution in [0.4, 0.5) is 0 Å². The van der Waals surface area contributed by atoms with Gasteiger partial charge in [-0.2, -0.15) is 0 Å². The molecule has 0 bridgehead atoms. The molecule has 1 saturated carbocycles. The quantitative estimate of drug-likeness (QED) is 0.811. The molecule has 2 rings (SSSR count). The summed E-state index contributed by atoms with van der Waals surface area (Å²) in [5.41, 5.74) is 7.36. The van der Waals surface area contributed by atoms with E-state index in [1.165, 1.54) is 22.0 Å². The van der Waals surface area contributed by atoms with Crippen molar-refractivity contribution in [3.05, 3.63) is 31.8 Å². The van der Waals surface area contributed by atoms with Crippen LogP contribution in [0.5, 0.6) is 0 Å². The number of hydrogen-bond donors (Lipinski definition) is 1. The van der Waals surface area contributed by atoms with Crippen LogP contribution in [0.3, 0.4) is 0 Å². The lowest BCUT2D eigenvalue weighted by Gasteiger charge is -2.11. The minimum atomic E-state index is 0.244. The second kappa shape index (κ2) is 3.87. The number of nitrogens with two attached hydrogens (primary N) is 1. The molecule has 2 N–H and O–H groups in total. The summed E-state index contributed by atoms with van der Waals surface area (Å²) >= 11 is 5.83. The maximum atomic E-state index is 6.10. The molecule has 0 unspecified atom stereocenters. The highest BCUT2D eigenvalue weighted by Crippen LogP contribution is 2.40. The van der Waals surface area contributed by atoms with Crippen molar-refractivity contribution in [3.8, 4) is 0 Å². The summed E-state index contributed by atoms with van der Waals surface area (Å²) in [6.45, 7) is 0. The molecule has 13 heavy (non-hydrogen) atoms. The Morgan fingerprint density at radius 1 is 1.46 bits per heavy atom. The predicted octanol–water partition coefficient (Wildman–Crippen LogP) is 3.46. The summed E-state index contributed by atoms with van der Waals surface area (Å²) in [6, 6.07) is 6.64. The molecule has 0 spiro atoms. The van der Waals surface area contributed by atoms with E-state index in [4.69, 9.17) is 5.73 Å². The van der Waals surface area contributed by atoms with Crippen LogP contribution in [0, 0.1) is 9.49 Å². The molecule has 1 aliphatic carbocycles. The van der Waals surface area contributed by atoms with E-state index in [2.05, 4.69) is 56.7 Å². The topological polar surface area (TPSA) is 26.0 Å². The smallest absolute Gasteiger partial charge is 0.0323 e. The average Bonchev–Trinajstić information content (AvgIpc) is 2.91. The van der Waals surface area contributed by atoms with Crippen molar-refractivity contribution in [2.75, 3.05) is 0 Å². The molecule has 1 nitrogen and oxygen atoms in total. The molecule has 1 aliphatic rings. The van der Waals surface area contributed by atoms with Crippen LogP contribution >= 0.6 is 38.5 Å². The highest BCUT2D eigenvalue weighted by molar-refractivity contribution is 14.1. The second-order valence-corrected chi connectivity index (χ2v) is 5.55. The molecule has 70 valence electrons. The third-order valence-electron chi connectivity index (χ3n) is 2.46. The van der Waals surface area contributed by atoms with Crippen LogP contribution in [0.1, 0.15) is 24.4 Å². The van der Waals surface area contributed by atoms with Gasteiger partial charge in [-0.15, -0.1) is 0 Å². The van der Waals surface area contributed by atoms with E-state index in [0.29, 0.717) is 0 Å². The first-order chi connectivity index (χ1) is 6.18. The van der Waals surface area contributed by atoms with Gasteiger partial charge in [0, 0.05) is 14.1 Å². The summed E-state index contributed by atoms with van der Waals surface area (Å²) in [6.07, 6.45) is 2.59. The second-order valence-electron chi connectivity index (χ2n) is 3.54. The molecular weight excluding hydrogens is 341 g/mol. The Balaban J connectivity index is 2.24. The van der Waals surface area contributed by atoms with Crippen molar-refractivity contribution in [3.63, 3.8) is 0 Å². The molecule has 1 aromatic carbocycles. The van der Waals surface area contributed by atoms with Crippen LogP contribution in [-0.2, 0) is 0 Å². The maximum absolute atomic E-state index is 6.10. The Hall–Kier alpha value is 0.390. The molecular formula is C10H11BrIN. The van der Waals surface area contributed by atoms with Crippen LogP contribution in [0.25, 0.3) is 0 Å². The van der Waals surface area contributed by atoms with E-state index in [0.717, 1.165) is 10.4 Å². The summed E-state index contributed by atoms with van der Waals surface area (Å²) in [5, 5.41) is 0. The van der Waals surface area contributed by atoms with Gasteiger partial charge in [-0.05, 0) is 75.0 Å². The van der Waals surface area contributed by atoms with Gasteiger partial charge in [0.15, 0.2) is 0 Å². The summed E-state index contributed by atoms with van der Waals surface area (Å²) in [5.74, 6) is 0.729. The molecule has 0 amide bonds. The first kappa shape index (κ1) is 9.93. The Morgan fingerprint density at radius 3 is 2.69 bits per heavy atom. The average molecular weight is 352 g/mol. The molecule has 3 heteroatoms. The molecule has 0 saturated heterocycles. The lowest BCUT2D eigenvalue weighted by atomic mass is 10.0. The number of benzene rings is 1. The summed E-state index contributed by atoms with van der Waals surface area (Å²) in [4.78, 5) is 0. The van der Waals surface area contributed by atoms with Gasteiger partial charge < -0.3 is 5.73 Å². The predicted molar refractivity (Wildman–Crippen MR) is 66.5 cm³/mol. The molecule has 1 atom stereocenters. The fourth-order valence-electron chi connectivity index (χ4n) is 1.45. The highest BCUT2D eigenvalue weighted by atomic mass is 127. The van der Waals surface area contributed by atoms with Crippen LogP contribution < -0.4 is 5.73 Å². The molecule has 0 aromatic heterocycles. The van der Waals surface area contributed by atoms with Crippen LogP contribution in [0.15, 0.2) is 22.7 Å². The van der Waals surface area contributed by atoms with E-state index in [1.807, 2.05) is 0 Å². The van der Waals surface area contributed by atoms with Crippen molar-refractivity contribution < 1.29 is 0 Å². The van der Waals surface area contributed by atoms with E-state index in [-0.39, 0.29) is 6.04 Å². The minimum Gasteiger partial charge on any atom is -0.324 e. The van der Waals surface area contributed by atoms with Gasteiger partial charge in [0.25, 0.3) is 0 Å². The Morgan fingerprint density at radius 2 is 2.15 bits per heavy atom. The highest BCUT2D eigenvalue weighted by Gasteiger charge is 2.29.